The lowest BCUT2D eigenvalue weighted by atomic mass is 10.1. The topological polar surface area (TPSA) is 98.2 Å². The number of Topliss-reactive ketones (excluding diaryl/α,β-unsaturated/α-hetero) is 1. The SMILES string of the molecule is CC[C@H]1OC(C)(CCC(=O)C(=[N+]=[N-])C(=O)OC)O[C@@H]1CC. The number of nitrogens with zero attached hydrogens (tertiary/aromatic N) is 2. The number of carbonyl (C=O) groups excluding carboxylic acids is 2. The number of hydrogen-bond donors (Lipinski definition) is 0. The number of rotatable bonds is 7. The summed E-state index contributed by atoms with van der Waals surface area (Å²) in [5.41, 5.74) is 8.11. The van der Waals surface area contributed by atoms with Gasteiger partial charge in [0.05, 0.1) is 19.3 Å². The Morgan fingerprint density at radius 3 is 2.14 bits per heavy atom. The Labute approximate surface area is 124 Å². The van der Waals surface area contributed by atoms with Gasteiger partial charge in [-0.2, -0.15) is 4.79 Å². The lowest BCUT2D eigenvalue weighted by Crippen LogP contribution is -2.31. The number of esters is 1. The summed E-state index contributed by atoms with van der Waals surface area (Å²) < 4.78 is 16.1. The van der Waals surface area contributed by atoms with Crippen molar-refractivity contribution in [1.29, 1.82) is 0 Å². The van der Waals surface area contributed by atoms with E-state index in [1.807, 2.05) is 13.8 Å². The largest absolute Gasteiger partial charge is 0.460 e. The van der Waals surface area contributed by atoms with E-state index in [0.717, 1.165) is 20.0 Å². The molecule has 1 aliphatic rings. The van der Waals surface area contributed by atoms with E-state index in [1.165, 1.54) is 0 Å². The molecule has 0 radical (unpaired) electrons. The third-order valence-electron chi connectivity index (χ3n) is 3.57. The average molecular weight is 298 g/mol. The van der Waals surface area contributed by atoms with E-state index >= 15 is 0 Å². The summed E-state index contributed by atoms with van der Waals surface area (Å²) in [6.07, 6.45) is 1.90. The van der Waals surface area contributed by atoms with Crippen LogP contribution in [-0.2, 0) is 23.8 Å². The molecule has 1 aliphatic heterocycles. The van der Waals surface area contributed by atoms with Gasteiger partial charge in [0.25, 0.3) is 5.78 Å². The van der Waals surface area contributed by atoms with Crippen LogP contribution in [0, 0.1) is 0 Å². The van der Waals surface area contributed by atoms with Crippen molar-refractivity contribution in [3.05, 3.63) is 5.53 Å². The van der Waals surface area contributed by atoms with Crippen molar-refractivity contribution >= 4 is 17.5 Å². The highest BCUT2D eigenvalue weighted by molar-refractivity contribution is 6.62. The van der Waals surface area contributed by atoms with Gasteiger partial charge >= 0.3 is 11.7 Å². The standard InChI is InChI=1S/C14H22N2O5/c1-5-10-11(6-2)21-14(3,20-10)8-7-9(17)12(16-15)13(18)19-4/h10-11H,5-8H2,1-4H3/t10-,11-/m1/s1. The fourth-order valence-electron chi connectivity index (χ4n) is 2.40. The van der Waals surface area contributed by atoms with Crippen molar-refractivity contribution in [3.63, 3.8) is 0 Å². The van der Waals surface area contributed by atoms with Crippen molar-refractivity contribution < 1.29 is 28.6 Å². The van der Waals surface area contributed by atoms with E-state index in [1.54, 1.807) is 6.92 Å². The maximum Gasteiger partial charge on any atom is 0.441 e. The van der Waals surface area contributed by atoms with Crippen LogP contribution in [-0.4, -0.2) is 47.4 Å². The van der Waals surface area contributed by atoms with Crippen molar-refractivity contribution in [2.75, 3.05) is 7.11 Å². The highest BCUT2D eigenvalue weighted by atomic mass is 16.8. The maximum atomic E-state index is 11.9. The first-order chi connectivity index (χ1) is 9.90. The minimum atomic E-state index is -0.959. The molecule has 0 unspecified atom stereocenters. The maximum absolute atomic E-state index is 11.9. The predicted molar refractivity (Wildman–Crippen MR) is 73.6 cm³/mol. The summed E-state index contributed by atoms with van der Waals surface area (Å²) in [7, 11) is 1.11. The minimum Gasteiger partial charge on any atom is -0.460 e. The first-order valence-electron chi connectivity index (χ1n) is 7.10. The molecule has 2 atom stereocenters. The lowest BCUT2D eigenvalue weighted by Gasteiger charge is -2.22. The van der Waals surface area contributed by atoms with Gasteiger partial charge in [-0.1, -0.05) is 13.8 Å². The number of ketones is 1. The normalized spacial score (nSPS) is 23.4. The number of ether oxygens (including phenoxy) is 3. The molecule has 21 heavy (non-hydrogen) atoms. The van der Waals surface area contributed by atoms with Crippen molar-refractivity contribution in [2.24, 2.45) is 0 Å². The van der Waals surface area contributed by atoms with Crippen LogP contribution in [0.1, 0.15) is 46.5 Å². The van der Waals surface area contributed by atoms with Crippen molar-refractivity contribution in [2.45, 2.75) is 64.4 Å². The lowest BCUT2D eigenvalue weighted by molar-refractivity contribution is -0.168. The van der Waals surface area contributed by atoms with Gasteiger partial charge in [0.1, 0.15) is 0 Å². The Morgan fingerprint density at radius 2 is 1.76 bits per heavy atom. The molecule has 0 spiro atoms. The van der Waals surface area contributed by atoms with Gasteiger partial charge in [0.2, 0.25) is 0 Å². The quantitative estimate of drug-likeness (QED) is 0.233. The molecule has 0 aromatic heterocycles. The molecular weight excluding hydrogens is 276 g/mol. The number of methoxy groups -OCH3 is 1. The van der Waals surface area contributed by atoms with Crippen LogP contribution in [0.5, 0.6) is 0 Å². The summed E-state index contributed by atoms with van der Waals surface area (Å²) >= 11 is 0. The van der Waals surface area contributed by atoms with Crippen LogP contribution in [0.25, 0.3) is 5.53 Å². The molecule has 0 amide bonds. The zero-order valence-corrected chi connectivity index (χ0v) is 12.9. The first-order valence-corrected chi connectivity index (χ1v) is 7.10. The molecule has 1 saturated heterocycles. The molecule has 118 valence electrons. The first kappa shape index (κ1) is 17.5. The van der Waals surface area contributed by atoms with Crippen LogP contribution in [0.3, 0.4) is 0 Å². The van der Waals surface area contributed by atoms with Gasteiger partial charge < -0.3 is 19.7 Å². The smallest absolute Gasteiger partial charge is 0.441 e. The van der Waals surface area contributed by atoms with Gasteiger partial charge in [0.15, 0.2) is 5.79 Å². The second-order valence-corrected chi connectivity index (χ2v) is 5.13. The third-order valence-corrected chi connectivity index (χ3v) is 3.57. The Hall–Kier alpha value is -1.56. The Kier molecular flexibility index (Phi) is 6.20. The minimum absolute atomic E-state index is 0.00156. The summed E-state index contributed by atoms with van der Waals surface area (Å²) in [4.78, 5) is 25.8. The zero-order chi connectivity index (χ0) is 16.0. The highest BCUT2D eigenvalue weighted by Gasteiger charge is 2.43. The Bertz CT molecular complexity index is 444. The monoisotopic (exact) mass is 298 g/mol. The van der Waals surface area contributed by atoms with Gasteiger partial charge in [-0.3, -0.25) is 4.79 Å². The van der Waals surface area contributed by atoms with E-state index in [9.17, 15) is 9.59 Å². The number of hydrogen-bond acceptors (Lipinski definition) is 5. The van der Waals surface area contributed by atoms with E-state index in [0.29, 0.717) is 0 Å². The summed E-state index contributed by atoms with van der Waals surface area (Å²) in [5.74, 6) is -2.43. The van der Waals surface area contributed by atoms with Gasteiger partial charge in [-0.25, -0.2) is 4.79 Å². The Morgan fingerprint density at radius 1 is 1.24 bits per heavy atom. The molecule has 0 aromatic carbocycles. The van der Waals surface area contributed by atoms with Gasteiger partial charge in [0, 0.05) is 12.8 Å². The van der Waals surface area contributed by atoms with Crippen LogP contribution in [0.2, 0.25) is 0 Å². The zero-order valence-electron chi connectivity index (χ0n) is 12.9. The summed E-state index contributed by atoms with van der Waals surface area (Å²) in [5, 5.41) is 0. The van der Waals surface area contributed by atoms with E-state index in [4.69, 9.17) is 15.0 Å². The highest BCUT2D eigenvalue weighted by Crippen LogP contribution is 2.35. The summed E-state index contributed by atoms with van der Waals surface area (Å²) in [6.45, 7) is 5.80. The van der Waals surface area contributed by atoms with E-state index < -0.39 is 23.3 Å². The van der Waals surface area contributed by atoms with E-state index in [-0.39, 0.29) is 25.0 Å². The van der Waals surface area contributed by atoms with Crippen LogP contribution >= 0.6 is 0 Å². The Balaban J connectivity index is 2.65. The molecule has 7 heteroatoms. The third kappa shape index (κ3) is 4.20. The fourth-order valence-corrected chi connectivity index (χ4v) is 2.40. The van der Waals surface area contributed by atoms with Crippen molar-refractivity contribution in [1.82, 2.24) is 0 Å². The van der Waals surface area contributed by atoms with Gasteiger partial charge in [-0.05, 0) is 19.8 Å². The molecular formula is C14H22N2O5. The molecule has 0 aromatic rings. The van der Waals surface area contributed by atoms with E-state index in [2.05, 4.69) is 9.53 Å². The average Bonchev–Trinajstić information content (AvgIpc) is 2.82. The molecule has 1 rings (SSSR count). The van der Waals surface area contributed by atoms with Crippen LogP contribution in [0.15, 0.2) is 0 Å². The fraction of sp³-hybridized carbons (Fsp3) is 0.786. The molecule has 0 N–H and O–H groups in total. The van der Waals surface area contributed by atoms with Gasteiger partial charge in [-0.15, -0.1) is 0 Å². The molecule has 0 saturated carbocycles. The second-order valence-electron chi connectivity index (χ2n) is 5.13. The number of carbonyl (C=O) groups is 2. The van der Waals surface area contributed by atoms with Crippen molar-refractivity contribution in [3.8, 4) is 0 Å². The van der Waals surface area contributed by atoms with Crippen LogP contribution < -0.4 is 0 Å². The predicted octanol–water partition coefficient (Wildman–Crippen LogP) is 1.50. The second kappa shape index (κ2) is 7.45. The molecule has 0 bridgehead atoms. The molecule has 1 heterocycles. The molecule has 1 fully saturated rings. The summed E-state index contributed by atoms with van der Waals surface area (Å²) in [6, 6.07) is 0. The molecule has 7 nitrogen and oxygen atoms in total. The molecule has 0 aliphatic carbocycles. The van der Waals surface area contributed by atoms with Crippen LogP contribution in [0.4, 0.5) is 0 Å².